The van der Waals surface area contributed by atoms with Crippen LogP contribution in [0, 0.1) is 0 Å². The van der Waals surface area contributed by atoms with Gasteiger partial charge in [0.05, 0.1) is 0 Å². The van der Waals surface area contributed by atoms with E-state index in [4.69, 9.17) is 0 Å². The predicted octanol–water partition coefficient (Wildman–Crippen LogP) is 13.2. The van der Waals surface area contributed by atoms with Crippen LogP contribution in [-0.2, 0) is 11.3 Å². The molecule has 0 aliphatic rings. The molecule has 0 amide bonds. The number of alkyl halides is 5. The molecule has 0 aromatic heterocycles. The minimum atomic E-state index is -5.75. The van der Waals surface area contributed by atoms with E-state index in [9.17, 15) is 13.2 Å². The summed E-state index contributed by atoms with van der Waals surface area (Å²) >= 11 is 0. The average molecular weight is 629 g/mol. The third kappa shape index (κ3) is 4.32. The minimum absolute atomic E-state index is 0.0345. The van der Waals surface area contributed by atoms with E-state index in [0.717, 1.165) is 49.0 Å². The summed E-state index contributed by atoms with van der Waals surface area (Å²) in [6.07, 6.45) is -5.75. The summed E-state index contributed by atoms with van der Waals surface area (Å²) in [4.78, 5) is 0. The first-order chi connectivity index (χ1) is 22.4. The van der Waals surface area contributed by atoms with E-state index in [1.807, 2.05) is 18.2 Å². The zero-order valence-corrected chi connectivity index (χ0v) is 25.9. The lowest BCUT2D eigenvalue weighted by atomic mass is 9.82. The Kier molecular flexibility index (Phi) is 6.24. The standard InChI is InChI=1S/C42H29F5/c1-40(2,3)27-18-12-24(13-19-27)28-20-14-25-16-22-32-33(23-17-26-15-21-31(28)36(25)37(26)32)38-29-8-4-6-10-34(29)39(41(43,44)42(45,46)47)35-11-7-5-9-30(35)38/h4-23H,1-3H3. The monoisotopic (exact) mass is 628 g/mol. The van der Waals surface area contributed by atoms with Gasteiger partial charge in [0.25, 0.3) is 0 Å². The molecule has 0 saturated carbocycles. The van der Waals surface area contributed by atoms with Crippen LogP contribution < -0.4 is 0 Å². The van der Waals surface area contributed by atoms with Crippen molar-refractivity contribution in [3.63, 3.8) is 0 Å². The number of halogens is 5. The summed E-state index contributed by atoms with van der Waals surface area (Å²) in [7, 11) is 0. The Morgan fingerprint density at radius 2 is 0.872 bits per heavy atom. The second-order valence-corrected chi connectivity index (χ2v) is 13.4. The highest BCUT2D eigenvalue weighted by atomic mass is 19.4. The number of fused-ring (bicyclic) bond motifs is 2. The van der Waals surface area contributed by atoms with E-state index in [0.29, 0.717) is 16.3 Å². The highest BCUT2D eigenvalue weighted by Gasteiger charge is 2.60. The fourth-order valence-electron chi connectivity index (χ4n) is 7.32. The molecule has 0 N–H and O–H groups in total. The Hall–Kier alpha value is -5.03. The lowest BCUT2D eigenvalue weighted by Gasteiger charge is -2.25. The van der Waals surface area contributed by atoms with Gasteiger partial charge < -0.3 is 0 Å². The predicted molar refractivity (Wildman–Crippen MR) is 185 cm³/mol. The van der Waals surface area contributed by atoms with Gasteiger partial charge in [0, 0.05) is 5.56 Å². The molecule has 0 nitrogen and oxygen atoms in total. The molecule has 0 bridgehead atoms. The third-order valence-corrected chi connectivity index (χ3v) is 9.60. The SMILES string of the molecule is CC(C)(C)c1ccc(-c2ccc3ccc4c(-c5c6ccccc6c(C(F)(F)C(F)(F)F)c6ccccc56)ccc5ccc2c3c54)cc1. The van der Waals surface area contributed by atoms with Crippen molar-refractivity contribution in [3.8, 4) is 22.3 Å². The molecule has 0 unspecified atom stereocenters. The Labute approximate surface area is 268 Å². The van der Waals surface area contributed by atoms with Gasteiger partial charge in [0.1, 0.15) is 0 Å². The molecule has 8 aromatic carbocycles. The Morgan fingerprint density at radius 3 is 1.36 bits per heavy atom. The van der Waals surface area contributed by atoms with Crippen molar-refractivity contribution in [3.05, 3.63) is 132 Å². The van der Waals surface area contributed by atoms with Crippen molar-refractivity contribution in [2.45, 2.75) is 38.3 Å². The molecular formula is C42H29F5. The van der Waals surface area contributed by atoms with Crippen LogP contribution in [0.2, 0.25) is 0 Å². The van der Waals surface area contributed by atoms with Gasteiger partial charge >= 0.3 is 12.1 Å². The Balaban J connectivity index is 1.45. The second-order valence-electron chi connectivity index (χ2n) is 13.4. The maximum Gasteiger partial charge on any atom is 0.458 e. The van der Waals surface area contributed by atoms with Crippen molar-refractivity contribution in [1.82, 2.24) is 0 Å². The maximum absolute atomic E-state index is 15.3. The molecule has 0 aliphatic carbocycles. The van der Waals surface area contributed by atoms with Crippen LogP contribution in [0.1, 0.15) is 31.9 Å². The van der Waals surface area contributed by atoms with Gasteiger partial charge in [-0.05, 0) is 87.1 Å². The van der Waals surface area contributed by atoms with Gasteiger partial charge in [-0.3, -0.25) is 0 Å². The highest BCUT2D eigenvalue weighted by Crippen LogP contribution is 2.52. The molecule has 5 heteroatoms. The van der Waals surface area contributed by atoms with Crippen LogP contribution in [-0.4, -0.2) is 6.18 Å². The topological polar surface area (TPSA) is 0 Å². The zero-order chi connectivity index (χ0) is 32.9. The summed E-state index contributed by atoms with van der Waals surface area (Å²) < 4.78 is 72.4. The van der Waals surface area contributed by atoms with Gasteiger partial charge in [0.15, 0.2) is 0 Å². The molecule has 232 valence electrons. The quantitative estimate of drug-likeness (QED) is 0.104. The van der Waals surface area contributed by atoms with E-state index < -0.39 is 17.7 Å². The maximum atomic E-state index is 15.3. The van der Waals surface area contributed by atoms with Crippen molar-refractivity contribution in [1.29, 1.82) is 0 Å². The van der Waals surface area contributed by atoms with Crippen molar-refractivity contribution in [2.75, 3.05) is 0 Å². The van der Waals surface area contributed by atoms with Gasteiger partial charge in [-0.25, -0.2) is 0 Å². The van der Waals surface area contributed by atoms with Crippen LogP contribution in [0.5, 0.6) is 0 Å². The molecular weight excluding hydrogens is 599 g/mol. The summed E-state index contributed by atoms with van der Waals surface area (Å²) in [5, 5.41) is 6.68. The van der Waals surface area contributed by atoms with E-state index >= 15 is 8.78 Å². The molecule has 0 aliphatic heterocycles. The van der Waals surface area contributed by atoms with Crippen molar-refractivity contribution in [2.24, 2.45) is 0 Å². The van der Waals surface area contributed by atoms with Crippen LogP contribution in [0.15, 0.2) is 121 Å². The first kappa shape index (κ1) is 29.4. The van der Waals surface area contributed by atoms with Crippen LogP contribution >= 0.6 is 0 Å². The fraction of sp³-hybridized carbons (Fsp3) is 0.143. The lowest BCUT2D eigenvalue weighted by Crippen LogP contribution is -2.34. The number of hydrogen-bond donors (Lipinski definition) is 0. The largest absolute Gasteiger partial charge is 0.458 e. The smallest absolute Gasteiger partial charge is 0.191 e. The van der Waals surface area contributed by atoms with Gasteiger partial charge in [0.2, 0.25) is 0 Å². The molecule has 8 aromatic rings. The van der Waals surface area contributed by atoms with Crippen LogP contribution in [0.3, 0.4) is 0 Å². The van der Waals surface area contributed by atoms with Gasteiger partial charge in [-0.15, -0.1) is 0 Å². The summed E-state index contributed by atoms with van der Waals surface area (Å²) in [6, 6.07) is 37.7. The number of hydrogen-bond acceptors (Lipinski definition) is 0. The molecule has 47 heavy (non-hydrogen) atoms. The molecule has 0 fully saturated rings. The Morgan fingerprint density at radius 1 is 0.426 bits per heavy atom. The van der Waals surface area contributed by atoms with E-state index in [2.05, 4.69) is 75.4 Å². The van der Waals surface area contributed by atoms with Crippen molar-refractivity contribution >= 4 is 53.9 Å². The molecule has 0 atom stereocenters. The minimum Gasteiger partial charge on any atom is -0.191 e. The first-order valence-corrected chi connectivity index (χ1v) is 15.6. The number of rotatable bonds is 3. The zero-order valence-electron chi connectivity index (χ0n) is 25.9. The van der Waals surface area contributed by atoms with E-state index in [-0.39, 0.29) is 16.2 Å². The molecule has 8 rings (SSSR count). The Bertz CT molecular complexity index is 2440. The normalized spacial score (nSPS) is 13.1. The third-order valence-electron chi connectivity index (χ3n) is 9.60. The summed E-state index contributed by atoms with van der Waals surface area (Å²) in [6.45, 7) is 6.58. The lowest BCUT2D eigenvalue weighted by molar-refractivity contribution is -0.288. The van der Waals surface area contributed by atoms with E-state index in [1.54, 1.807) is 24.3 Å². The van der Waals surface area contributed by atoms with Crippen LogP contribution in [0.25, 0.3) is 76.1 Å². The average Bonchev–Trinajstić information content (AvgIpc) is 3.05. The second kappa shape index (κ2) is 9.98. The van der Waals surface area contributed by atoms with Crippen LogP contribution in [0.4, 0.5) is 22.0 Å². The van der Waals surface area contributed by atoms with Gasteiger partial charge in [-0.1, -0.05) is 142 Å². The molecule has 0 heterocycles. The first-order valence-electron chi connectivity index (χ1n) is 15.6. The number of benzene rings is 8. The summed E-state index contributed by atoms with van der Waals surface area (Å²) in [5.41, 5.74) is 3.89. The summed E-state index contributed by atoms with van der Waals surface area (Å²) in [5.74, 6) is -5.05. The fourth-order valence-corrected chi connectivity index (χ4v) is 7.32. The molecule has 0 radical (unpaired) electrons. The molecule has 0 spiro atoms. The van der Waals surface area contributed by atoms with E-state index in [1.165, 1.54) is 29.8 Å². The highest BCUT2D eigenvalue weighted by molar-refractivity contribution is 6.29. The van der Waals surface area contributed by atoms with Gasteiger partial charge in [-0.2, -0.15) is 22.0 Å². The van der Waals surface area contributed by atoms with Crippen molar-refractivity contribution < 1.29 is 22.0 Å². The molecule has 0 saturated heterocycles.